The summed E-state index contributed by atoms with van der Waals surface area (Å²) in [5.41, 5.74) is 4.41. The quantitative estimate of drug-likeness (QED) is 0.204. The number of rotatable bonds is 7. The predicted molar refractivity (Wildman–Crippen MR) is 130 cm³/mol. The van der Waals surface area contributed by atoms with Crippen LogP contribution in [0.3, 0.4) is 0 Å². The Labute approximate surface area is 203 Å². The number of benzene rings is 3. The smallest absolute Gasteiger partial charge is 0.343 e. The van der Waals surface area contributed by atoms with Crippen LogP contribution in [0.1, 0.15) is 31.8 Å². The first kappa shape index (κ1) is 24.2. The van der Waals surface area contributed by atoms with E-state index in [-0.39, 0.29) is 22.9 Å². The van der Waals surface area contributed by atoms with Crippen LogP contribution in [0.5, 0.6) is 5.75 Å². The fraction of sp³-hybridized carbons (Fsp3) is 0.0833. The molecular weight excluding hydrogens is 510 g/mol. The number of aryl methyl sites for hydroxylation is 1. The van der Waals surface area contributed by atoms with Crippen LogP contribution in [-0.4, -0.2) is 30.5 Å². The fourth-order valence-electron chi connectivity index (χ4n) is 2.76. The van der Waals surface area contributed by atoms with Crippen molar-refractivity contribution in [3.05, 3.63) is 98.5 Å². The molecule has 9 heteroatoms. The number of halogens is 2. The van der Waals surface area contributed by atoms with Crippen LogP contribution in [0.15, 0.2) is 76.3 Å². The SMILES string of the molecule is Cc1cccc(C(=O)Oc2ccc(Br)cc2/C=N/NC(=O)CNC(=O)c2ccccc2Cl)c1. The van der Waals surface area contributed by atoms with Crippen LogP contribution >= 0.6 is 27.5 Å². The van der Waals surface area contributed by atoms with Crippen molar-refractivity contribution in [3.8, 4) is 5.75 Å². The van der Waals surface area contributed by atoms with E-state index in [2.05, 4.69) is 31.8 Å². The highest BCUT2D eigenvalue weighted by Gasteiger charge is 2.13. The number of hydrogen-bond donors (Lipinski definition) is 2. The molecule has 0 aromatic heterocycles. The molecule has 0 saturated carbocycles. The van der Waals surface area contributed by atoms with Crippen molar-refractivity contribution < 1.29 is 19.1 Å². The van der Waals surface area contributed by atoms with Crippen molar-refractivity contribution >= 4 is 51.5 Å². The lowest BCUT2D eigenvalue weighted by Gasteiger charge is -2.09. The Balaban J connectivity index is 1.60. The summed E-state index contributed by atoms with van der Waals surface area (Å²) >= 11 is 9.33. The number of nitrogens with one attached hydrogen (secondary N) is 2. The lowest BCUT2D eigenvalue weighted by Crippen LogP contribution is -2.35. The maximum Gasteiger partial charge on any atom is 0.343 e. The first-order valence-electron chi connectivity index (χ1n) is 9.76. The van der Waals surface area contributed by atoms with Gasteiger partial charge < -0.3 is 10.1 Å². The molecule has 3 aromatic carbocycles. The zero-order chi connectivity index (χ0) is 23.8. The van der Waals surface area contributed by atoms with Gasteiger partial charge in [-0.3, -0.25) is 9.59 Å². The molecule has 2 amide bonds. The number of nitrogens with zero attached hydrogens (tertiary/aromatic N) is 1. The first-order valence-corrected chi connectivity index (χ1v) is 10.9. The molecule has 0 aliphatic rings. The van der Waals surface area contributed by atoms with E-state index >= 15 is 0 Å². The number of carbonyl (C=O) groups excluding carboxylic acids is 3. The van der Waals surface area contributed by atoms with E-state index in [1.54, 1.807) is 60.7 Å². The summed E-state index contributed by atoms with van der Waals surface area (Å²) in [6.45, 7) is 1.59. The molecule has 0 unspecified atom stereocenters. The van der Waals surface area contributed by atoms with Crippen molar-refractivity contribution in [2.24, 2.45) is 5.10 Å². The standard InChI is InChI=1S/C24H19BrClN3O4/c1-15-5-4-6-16(11-15)24(32)33-21-10-9-18(25)12-17(21)13-28-29-22(30)14-27-23(31)19-7-2-3-8-20(19)26/h2-13H,14H2,1H3,(H,27,31)(H,29,30)/b28-13+. The second-order valence-corrected chi connectivity index (χ2v) is 8.22. The van der Waals surface area contributed by atoms with Gasteiger partial charge in [-0.15, -0.1) is 0 Å². The van der Waals surface area contributed by atoms with E-state index in [1.165, 1.54) is 6.21 Å². The highest BCUT2D eigenvalue weighted by Crippen LogP contribution is 2.23. The third-order valence-corrected chi connectivity index (χ3v) is 5.17. The van der Waals surface area contributed by atoms with Gasteiger partial charge in [0.1, 0.15) is 5.75 Å². The zero-order valence-electron chi connectivity index (χ0n) is 17.5. The number of hydrogen-bond acceptors (Lipinski definition) is 5. The van der Waals surface area contributed by atoms with Crippen LogP contribution in [-0.2, 0) is 4.79 Å². The van der Waals surface area contributed by atoms with Crippen molar-refractivity contribution in [1.82, 2.24) is 10.7 Å². The summed E-state index contributed by atoms with van der Waals surface area (Å²) in [7, 11) is 0. The number of esters is 1. The first-order chi connectivity index (χ1) is 15.8. The van der Waals surface area contributed by atoms with E-state index in [0.717, 1.165) is 10.0 Å². The molecule has 0 heterocycles. The van der Waals surface area contributed by atoms with Gasteiger partial charge in [-0.05, 0) is 49.4 Å². The molecule has 168 valence electrons. The number of ether oxygens (including phenoxy) is 1. The largest absolute Gasteiger partial charge is 0.422 e. The fourth-order valence-corrected chi connectivity index (χ4v) is 3.36. The molecule has 0 radical (unpaired) electrons. The van der Waals surface area contributed by atoms with Gasteiger partial charge in [-0.1, -0.05) is 57.4 Å². The summed E-state index contributed by atoms with van der Waals surface area (Å²) < 4.78 is 6.24. The average molecular weight is 529 g/mol. The third-order valence-electron chi connectivity index (χ3n) is 4.35. The molecule has 3 rings (SSSR count). The lowest BCUT2D eigenvalue weighted by molar-refractivity contribution is -0.120. The van der Waals surface area contributed by atoms with E-state index in [1.807, 2.05) is 13.0 Å². The zero-order valence-corrected chi connectivity index (χ0v) is 19.8. The number of amides is 2. The lowest BCUT2D eigenvalue weighted by atomic mass is 10.1. The van der Waals surface area contributed by atoms with E-state index in [4.69, 9.17) is 16.3 Å². The van der Waals surface area contributed by atoms with Crippen LogP contribution in [0, 0.1) is 6.92 Å². The average Bonchev–Trinajstić information content (AvgIpc) is 2.79. The summed E-state index contributed by atoms with van der Waals surface area (Å²) in [5, 5.41) is 6.65. The minimum atomic E-state index is -0.542. The maximum atomic E-state index is 12.5. The summed E-state index contributed by atoms with van der Waals surface area (Å²) in [5.74, 6) is -1.26. The van der Waals surface area contributed by atoms with Gasteiger partial charge in [-0.25, -0.2) is 10.2 Å². The van der Waals surface area contributed by atoms with Crippen LogP contribution < -0.4 is 15.5 Å². The molecule has 3 aromatic rings. The topological polar surface area (TPSA) is 96.9 Å². The van der Waals surface area contributed by atoms with Crippen molar-refractivity contribution in [2.45, 2.75) is 6.92 Å². The van der Waals surface area contributed by atoms with E-state index in [9.17, 15) is 14.4 Å². The Morgan fingerprint density at radius 3 is 2.61 bits per heavy atom. The van der Waals surface area contributed by atoms with Crippen molar-refractivity contribution in [3.63, 3.8) is 0 Å². The molecule has 0 aliphatic carbocycles. The van der Waals surface area contributed by atoms with Gasteiger partial charge in [0.2, 0.25) is 0 Å². The minimum Gasteiger partial charge on any atom is -0.422 e. The number of hydrazone groups is 1. The van der Waals surface area contributed by atoms with Crippen molar-refractivity contribution in [1.29, 1.82) is 0 Å². The second-order valence-electron chi connectivity index (χ2n) is 6.90. The molecule has 0 spiro atoms. The van der Waals surface area contributed by atoms with Crippen LogP contribution in [0.2, 0.25) is 5.02 Å². The van der Waals surface area contributed by atoms with Gasteiger partial charge in [0.05, 0.1) is 28.9 Å². The van der Waals surface area contributed by atoms with Gasteiger partial charge in [0.25, 0.3) is 11.8 Å². The van der Waals surface area contributed by atoms with E-state index < -0.39 is 17.8 Å². The molecule has 0 saturated heterocycles. The number of carbonyl (C=O) groups is 3. The van der Waals surface area contributed by atoms with E-state index in [0.29, 0.717) is 11.1 Å². The van der Waals surface area contributed by atoms with Crippen molar-refractivity contribution in [2.75, 3.05) is 6.54 Å². The Bertz CT molecular complexity index is 1230. The Kier molecular flexibility index (Phi) is 8.34. The molecule has 0 fully saturated rings. The summed E-state index contributed by atoms with van der Waals surface area (Å²) in [6.07, 6.45) is 1.34. The molecule has 33 heavy (non-hydrogen) atoms. The molecule has 7 nitrogen and oxygen atoms in total. The summed E-state index contributed by atoms with van der Waals surface area (Å²) in [6, 6.07) is 18.6. The molecule has 0 atom stereocenters. The minimum absolute atomic E-state index is 0.268. The van der Waals surface area contributed by atoms with Crippen LogP contribution in [0.25, 0.3) is 0 Å². The second kappa shape index (κ2) is 11.4. The van der Waals surface area contributed by atoms with Gasteiger partial charge in [0.15, 0.2) is 0 Å². The summed E-state index contributed by atoms with van der Waals surface area (Å²) in [4.78, 5) is 36.6. The van der Waals surface area contributed by atoms with Crippen LogP contribution in [0.4, 0.5) is 0 Å². The molecular formula is C24H19BrClN3O4. The normalized spacial score (nSPS) is 10.6. The van der Waals surface area contributed by atoms with Gasteiger partial charge in [-0.2, -0.15) is 5.10 Å². The van der Waals surface area contributed by atoms with Gasteiger partial charge >= 0.3 is 5.97 Å². The molecule has 0 bridgehead atoms. The maximum absolute atomic E-state index is 12.5. The third kappa shape index (κ3) is 7.00. The Hall–Kier alpha value is -3.49. The Morgan fingerprint density at radius 1 is 1.06 bits per heavy atom. The Morgan fingerprint density at radius 2 is 1.85 bits per heavy atom. The predicted octanol–water partition coefficient (Wildman–Crippen LogP) is 4.51. The monoisotopic (exact) mass is 527 g/mol. The molecule has 2 N–H and O–H groups in total. The van der Waals surface area contributed by atoms with Gasteiger partial charge in [0, 0.05) is 10.0 Å². The highest BCUT2D eigenvalue weighted by molar-refractivity contribution is 9.10. The highest BCUT2D eigenvalue weighted by atomic mass is 79.9. The molecule has 0 aliphatic heterocycles.